The smallest absolute Gasteiger partial charge is 0.252 e. The molecule has 0 atom stereocenters. The molecule has 114 valence electrons. The minimum Gasteiger partial charge on any atom is -0.379 e. The van der Waals surface area contributed by atoms with Gasteiger partial charge >= 0.3 is 0 Å². The van der Waals surface area contributed by atoms with Crippen LogP contribution in [0.3, 0.4) is 0 Å². The van der Waals surface area contributed by atoms with Crippen LogP contribution in [0, 0.1) is 23.6 Å². The maximum atomic E-state index is 13.3. The summed E-state index contributed by atoms with van der Waals surface area (Å²) in [5, 5.41) is 2.69. The number of carbonyl (C=O) groups is 1. The molecule has 0 aliphatic heterocycles. The lowest BCUT2D eigenvalue weighted by molar-refractivity contribution is 0.0885. The number of halogens is 1. The van der Waals surface area contributed by atoms with Crippen molar-refractivity contribution < 1.29 is 13.9 Å². The van der Waals surface area contributed by atoms with Gasteiger partial charge in [0.05, 0.1) is 18.7 Å². The molecule has 0 aliphatic carbocycles. The molecule has 5 heteroatoms. The van der Waals surface area contributed by atoms with Crippen LogP contribution in [-0.4, -0.2) is 32.2 Å². The van der Waals surface area contributed by atoms with E-state index in [0.717, 1.165) is 0 Å². The van der Waals surface area contributed by atoms with Crippen LogP contribution in [0.15, 0.2) is 18.2 Å². The largest absolute Gasteiger partial charge is 0.379 e. The summed E-state index contributed by atoms with van der Waals surface area (Å²) in [7, 11) is 0. The molecule has 21 heavy (non-hydrogen) atoms. The second-order valence-electron chi connectivity index (χ2n) is 4.92. The van der Waals surface area contributed by atoms with Crippen molar-refractivity contribution in [3.8, 4) is 11.8 Å². The molecule has 0 fully saturated rings. The van der Waals surface area contributed by atoms with Crippen LogP contribution in [0.25, 0.3) is 0 Å². The van der Waals surface area contributed by atoms with E-state index in [0.29, 0.717) is 31.2 Å². The van der Waals surface area contributed by atoms with Crippen LogP contribution in [0.4, 0.5) is 4.39 Å². The summed E-state index contributed by atoms with van der Waals surface area (Å²) in [4.78, 5) is 12.0. The minimum atomic E-state index is -0.477. The number of nitrogens with two attached hydrogens (primary N) is 1. The summed E-state index contributed by atoms with van der Waals surface area (Å²) in [6.45, 7) is 5.71. The Morgan fingerprint density at radius 2 is 2.24 bits per heavy atom. The van der Waals surface area contributed by atoms with Gasteiger partial charge in [-0.3, -0.25) is 4.79 Å². The molecule has 0 spiro atoms. The van der Waals surface area contributed by atoms with Gasteiger partial charge in [0, 0.05) is 18.7 Å². The molecule has 1 amide bonds. The molecule has 1 aromatic rings. The van der Waals surface area contributed by atoms with E-state index in [4.69, 9.17) is 10.5 Å². The highest BCUT2D eigenvalue weighted by Gasteiger charge is 2.11. The van der Waals surface area contributed by atoms with E-state index in [1.807, 2.05) is 13.8 Å². The quantitative estimate of drug-likeness (QED) is 0.617. The molecule has 0 aromatic heterocycles. The maximum absolute atomic E-state index is 13.3. The highest BCUT2D eigenvalue weighted by molar-refractivity contribution is 5.96. The molecule has 0 radical (unpaired) electrons. The molecule has 4 nitrogen and oxygen atoms in total. The first-order valence-electron chi connectivity index (χ1n) is 6.89. The van der Waals surface area contributed by atoms with Crippen molar-refractivity contribution in [2.24, 2.45) is 11.7 Å². The van der Waals surface area contributed by atoms with Crippen molar-refractivity contribution in [2.75, 3.05) is 26.3 Å². The molecule has 0 unspecified atom stereocenters. The Bertz CT molecular complexity index is 533. The van der Waals surface area contributed by atoms with E-state index in [2.05, 4.69) is 17.2 Å². The number of benzene rings is 1. The van der Waals surface area contributed by atoms with Gasteiger partial charge in [0.1, 0.15) is 5.82 Å². The lowest BCUT2D eigenvalue weighted by atomic mass is 10.1. The standard InChI is InChI=1S/C16H21FN2O2/c1-12(2)11-21-9-8-19-16(20)15-10-14(17)6-5-13(15)4-3-7-18/h5-6,10,12H,7-9,11,18H2,1-2H3,(H,19,20). The summed E-state index contributed by atoms with van der Waals surface area (Å²) >= 11 is 0. The van der Waals surface area contributed by atoms with Crippen LogP contribution >= 0.6 is 0 Å². The van der Waals surface area contributed by atoms with Crippen molar-refractivity contribution in [2.45, 2.75) is 13.8 Å². The van der Waals surface area contributed by atoms with Gasteiger partial charge < -0.3 is 15.8 Å². The van der Waals surface area contributed by atoms with Crippen molar-refractivity contribution >= 4 is 5.91 Å². The minimum absolute atomic E-state index is 0.182. The van der Waals surface area contributed by atoms with Gasteiger partial charge in [-0.25, -0.2) is 4.39 Å². The first-order chi connectivity index (χ1) is 10.0. The molecule has 0 saturated carbocycles. The van der Waals surface area contributed by atoms with Gasteiger partial charge in [0.15, 0.2) is 0 Å². The molecule has 0 heterocycles. The lowest BCUT2D eigenvalue weighted by Crippen LogP contribution is -2.28. The van der Waals surface area contributed by atoms with Gasteiger partial charge in [-0.05, 0) is 24.1 Å². The Hall–Kier alpha value is -1.90. The zero-order valence-corrected chi connectivity index (χ0v) is 12.4. The van der Waals surface area contributed by atoms with E-state index in [9.17, 15) is 9.18 Å². The second kappa shape index (κ2) is 9.11. The van der Waals surface area contributed by atoms with Crippen molar-refractivity contribution in [1.82, 2.24) is 5.32 Å². The summed E-state index contributed by atoms with van der Waals surface area (Å²) in [6, 6.07) is 3.91. The van der Waals surface area contributed by atoms with Crippen LogP contribution in [0.1, 0.15) is 29.8 Å². The fourth-order valence-corrected chi connectivity index (χ4v) is 1.61. The Morgan fingerprint density at radius 3 is 2.90 bits per heavy atom. The molecular formula is C16H21FN2O2. The SMILES string of the molecule is CC(C)COCCNC(=O)c1cc(F)ccc1C#CCN. The first kappa shape index (κ1) is 17.2. The predicted molar refractivity (Wildman–Crippen MR) is 80.3 cm³/mol. The van der Waals surface area contributed by atoms with Crippen LogP contribution in [0.2, 0.25) is 0 Å². The molecular weight excluding hydrogens is 271 g/mol. The van der Waals surface area contributed by atoms with Crippen molar-refractivity contribution in [1.29, 1.82) is 0 Å². The monoisotopic (exact) mass is 292 g/mol. The third-order valence-electron chi connectivity index (χ3n) is 2.53. The Labute approximate surface area is 124 Å². The first-order valence-corrected chi connectivity index (χ1v) is 6.89. The molecule has 1 rings (SSSR count). The van der Waals surface area contributed by atoms with E-state index < -0.39 is 5.82 Å². The third-order valence-corrected chi connectivity index (χ3v) is 2.53. The zero-order chi connectivity index (χ0) is 15.7. The van der Waals surface area contributed by atoms with Gasteiger partial charge in [0.2, 0.25) is 0 Å². The Kier molecular flexibility index (Phi) is 7.44. The molecule has 1 aromatic carbocycles. The van der Waals surface area contributed by atoms with Crippen LogP contribution < -0.4 is 11.1 Å². The number of carbonyl (C=O) groups excluding carboxylic acids is 1. The number of hydrogen-bond donors (Lipinski definition) is 2. The molecule has 0 saturated heterocycles. The third kappa shape index (κ3) is 6.39. The Morgan fingerprint density at radius 1 is 1.48 bits per heavy atom. The number of nitrogens with one attached hydrogen (secondary N) is 1. The van der Waals surface area contributed by atoms with Crippen molar-refractivity contribution in [3.63, 3.8) is 0 Å². The lowest BCUT2D eigenvalue weighted by Gasteiger charge is -2.09. The van der Waals surface area contributed by atoms with Gasteiger partial charge in [0.25, 0.3) is 5.91 Å². The molecule has 3 N–H and O–H groups in total. The summed E-state index contributed by atoms with van der Waals surface area (Å²) < 4.78 is 18.7. The van der Waals surface area contributed by atoms with E-state index in [1.165, 1.54) is 18.2 Å². The second-order valence-corrected chi connectivity index (χ2v) is 4.92. The maximum Gasteiger partial charge on any atom is 0.252 e. The van der Waals surface area contributed by atoms with Crippen LogP contribution in [0.5, 0.6) is 0 Å². The zero-order valence-electron chi connectivity index (χ0n) is 12.4. The van der Waals surface area contributed by atoms with Gasteiger partial charge in [-0.15, -0.1) is 0 Å². The number of hydrogen-bond acceptors (Lipinski definition) is 3. The van der Waals surface area contributed by atoms with Gasteiger partial charge in [-0.2, -0.15) is 0 Å². The topological polar surface area (TPSA) is 64.3 Å². The Balaban J connectivity index is 2.62. The normalized spacial score (nSPS) is 10.1. The highest BCUT2D eigenvalue weighted by Crippen LogP contribution is 2.10. The number of amides is 1. The van der Waals surface area contributed by atoms with E-state index in [-0.39, 0.29) is 18.0 Å². The fourth-order valence-electron chi connectivity index (χ4n) is 1.61. The number of ether oxygens (including phenoxy) is 1. The predicted octanol–water partition coefficient (Wildman–Crippen LogP) is 1.54. The van der Waals surface area contributed by atoms with E-state index >= 15 is 0 Å². The summed E-state index contributed by atoms with van der Waals surface area (Å²) in [5.74, 6) is 5.02. The molecule has 0 bridgehead atoms. The molecule has 0 aliphatic rings. The average Bonchev–Trinajstić information content (AvgIpc) is 2.45. The van der Waals surface area contributed by atoms with Gasteiger partial charge in [-0.1, -0.05) is 25.7 Å². The average molecular weight is 292 g/mol. The highest BCUT2D eigenvalue weighted by atomic mass is 19.1. The van der Waals surface area contributed by atoms with E-state index in [1.54, 1.807) is 0 Å². The van der Waals surface area contributed by atoms with Crippen LogP contribution in [-0.2, 0) is 4.74 Å². The summed E-state index contributed by atoms with van der Waals surface area (Å²) in [6.07, 6.45) is 0. The fraction of sp³-hybridized carbons (Fsp3) is 0.438. The van der Waals surface area contributed by atoms with Crippen molar-refractivity contribution in [3.05, 3.63) is 35.1 Å². The summed E-state index contributed by atoms with van der Waals surface area (Å²) in [5.41, 5.74) is 5.97. The number of rotatable bonds is 6.